The molecule has 1 unspecified atom stereocenters. The highest BCUT2D eigenvalue weighted by Crippen LogP contribution is 2.38. The van der Waals surface area contributed by atoms with Crippen LogP contribution in [0.5, 0.6) is 0 Å². The number of hydrogen-bond donors (Lipinski definition) is 0. The minimum Gasteiger partial charge on any atom is -0.311 e. The van der Waals surface area contributed by atoms with Crippen molar-refractivity contribution < 1.29 is 0 Å². The maximum atomic E-state index is 2.34. The zero-order valence-electron chi connectivity index (χ0n) is 21.6. The van der Waals surface area contributed by atoms with E-state index in [0.717, 1.165) is 17.1 Å². The summed E-state index contributed by atoms with van der Waals surface area (Å²) in [5, 5.41) is 0. The first-order chi connectivity index (χ1) is 18.8. The number of hydrogen-bond acceptors (Lipinski definition) is 1. The molecule has 0 fully saturated rings. The lowest BCUT2D eigenvalue weighted by Crippen LogP contribution is -2.11. The third kappa shape index (κ3) is 4.96. The Labute approximate surface area is 226 Å². The van der Waals surface area contributed by atoms with E-state index in [-0.39, 0.29) is 0 Å². The largest absolute Gasteiger partial charge is 0.311 e. The maximum absolute atomic E-state index is 2.34. The number of benzene rings is 5. The standard InChI is InChI=1S/C37H31N/c1-28-10-8-9-15-37(28)33-20-26-36(27-21-33)38(34-22-16-31(17-23-34)29-11-4-2-5-12-29)35-24-18-32(19-25-35)30-13-6-3-7-14-30/h2-28,37H,1H3/t28?,37-/m0/s1. The third-order valence-electron chi connectivity index (χ3n) is 7.41. The molecular formula is C37H31N. The second kappa shape index (κ2) is 10.8. The molecule has 1 aliphatic rings. The van der Waals surface area contributed by atoms with Gasteiger partial charge >= 0.3 is 0 Å². The Morgan fingerprint density at radius 1 is 0.421 bits per heavy atom. The van der Waals surface area contributed by atoms with Gasteiger partial charge in [0.2, 0.25) is 0 Å². The zero-order chi connectivity index (χ0) is 25.7. The van der Waals surface area contributed by atoms with Gasteiger partial charge in [0.25, 0.3) is 0 Å². The van der Waals surface area contributed by atoms with Gasteiger partial charge in [-0.25, -0.2) is 0 Å². The lowest BCUT2D eigenvalue weighted by molar-refractivity contribution is 0.635. The average molecular weight is 490 g/mol. The van der Waals surface area contributed by atoms with Gasteiger partial charge in [0.15, 0.2) is 0 Å². The summed E-state index contributed by atoms with van der Waals surface area (Å²) in [5.41, 5.74) is 9.66. The molecule has 5 aromatic rings. The van der Waals surface area contributed by atoms with E-state index in [2.05, 4.69) is 170 Å². The molecule has 0 heterocycles. The van der Waals surface area contributed by atoms with E-state index in [0.29, 0.717) is 11.8 Å². The smallest absolute Gasteiger partial charge is 0.0462 e. The van der Waals surface area contributed by atoms with E-state index >= 15 is 0 Å². The Balaban J connectivity index is 1.37. The molecule has 0 aliphatic heterocycles. The van der Waals surface area contributed by atoms with Crippen molar-refractivity contribution in [3.05, 3.63) is 163 Å². The molecule has 2 atom stereocenters. The van der Waals surface area contributed by atoms with Crippen molar-refractivity contribution in [1.29, 1.82) is 0 Å². The summed E-state index contributed by atoms with van der Waals surface area (Å²) in [5.74, 6) is 0.913. The van der Waals surface area contributed by atoms with Gasteiger partial charge in [-0.3, -0.25) is 0 Å². The Morgan fingerprint density at radius 2 is 0.816 bits per heavy atom. The van der Waals surface area contributed by atoms with Gasteiger partial charge in [0, 0.05) is 23.0 Å². The molecule has 1 nitrogen and oxygen atoms in total. The van der Waals surface area contributed by atoms with Gasteiger partial charge in [-0.05, 0) is 70.1 Å². The molecule has 5 aromatic carbocycles. The van der Waals surface area contributed by atoms with E-state index in [1.54, 1.807) is 0 Å². The van der Waals surface area contributed by atoms with Crippen molar-refractivity contribution in [3.8, 4) is 22.3 Å². The van der Waals surface area contributed by atoms with Gasteiger partial charge in [0.1, 0.15) is 0 Å². The topological polar surface area (TPSA) is 3.24 Å². The Kier molecular flexibility index (Phi) is 6.74. The van der Waals surface area contributed by atoms with Crippen molar-refractivity contribution >= 4 is 17.1 Å². The Bertz CT molecular complexity index is 1450. The van der Waals surface area contributed by atoms with Crippen LogP contribution in [-0.4, -0.2) is 0 Å². The van der Waals surface area contributed by atoms with E-state index in [9.17, 15) is 0 Å². The summed E-state index contributed by atoms with van der Waals surface area (Å²) < 4.78 is 0. The second-order valence-corrected chi connectivity index (χ2v) is 9.91. The molecule has 0 N–H and O–H groups in total. The van der Waals surface area contributed by atoms with Crippen LogP contribution in [0.3, 0.4) is 0 Å². The zero-order valence-corrected chi connectivity index (χ0v) is 21.6. The van der Waals surface area contributed by atoms with E-state index in [1.165, 1.54) is 27.8 Å². The fourth-order valence-electron chi connectivity index (χ4n) is 5.29. The van der Waals surface area contributed by atoms with Crippen LogP contribution < -0.4 is 4.90 Å². The van der Waals surface area contributed by atoms with Crippen LogP contribution >= 0.6 is 0 Å². The first kappa shape index (κ1) is 23.8. The van der Waals surface area contributed by atoms with Crippen molar-refractivity contribution in [2.24, 2.45) is 5.92 Å². The highest BCUT2D eigenvalue weighted by atomic mass is 15.1. The fraction of sp³-hybridized carbons (Fsp3) is 0.0811. The molecule has 0 bridgehead atoms. The first-order valence-electron chi connectivity index (χ1n) is 13.3. The van der Waals surface area contributed by atoms with Crippen LogP contribution in [-0.2, 0) is 0 Å². The first-order valence-corrected chi connectivity index (χ1v) is 13.3. The van der Waals surface area contributed by atoms with Gasteiger partial charge in [0.05, 0.1) is 0 Å². The van der Waals surface area contributed by atoms with Crippen LogP contribution in [0.2, 0.25) is 0 Å². The summed E-state index contributed by atoms with van der Waals surface area (Å²) in [7, 11) is 0. The molecule has 1 heteroatoms. The highest BCUT2D eigenvalue weighted by Gasteiger charge is 2.18. The number of nitrogens with zero attached hydrogens (tertiary/aromatic N) is 1. The van der Waals surface area contributed by atoms with Crippen LogP contribution in [0.4, 0.5) is 17.1 Å². The van der Waals surface area contributed by atoms with E-state index < -0.39 is 0 Å². The molecule has 1 aliphatic carbocycles. The van der Waals surface area contributed by atoms with Crippen molar-refractivity contribution in [1.82, 2.24) is 0 Å². The molecule has 0 radical (unpaired) electrons. The SMILES string of the molecule is CC1C=CC=C[C@@H]1c1ccc(N(c2ccc(-c3ccccc3)cc2)c2ccc(-c3ccccc3)cc2)cc1. The van der Waals surface area contributed by atoms with Crippen LogP contribution in [0.25, 0.3) is 22.3 Å². The summed E-state index contributed by atoms with van der Waals surface area (Å²) in [4.78, 5) is 2.34. The van der Waals surface area contributed by atoms with Crippen molar-refractivity contribution in [2.75, 3.05) is 4.90 Å². The number of allylic oxidation sites excluding steroid dienone is 4. The van der Waals surface area contributed by atoms with E-state index in [1.807, 2.05) is 0 Å². The molecule has 0 aromatic heterocycles. The van der Waals surface area contributed by atoms with Crippen molar-refractivity contribution in [3.63, 3.8) is 0 Å². The second-order valence-electron chi connectivity index (χ2n) is 9.91. The molecule has 184 valence electrons. The average Bonchev–Trinajstić information content (AvgIpc) is 3.00. The van der Waals surface area contributed by atoms with E-state index in [4.69, 9.17) is 0 Å². The predicted octanol–water partition coefficient (Wildman–Crippen LogP) is 10.3. The maximum Gasteiger partial charge on any atom is 0.0462 e. The quantitative estimate of drug-likeness (QED) is 0.229. The molecule has 0 spiro atoms. The summed E-state index contributed by atoms with van der Waals surface area (Å²) in [6.07, 6.45) is 8.90. The molecule has 6 rings (SSSR count). The van der Waals surface area contributed by atoms with Gasteiger partial charge < -0.3 is 4.90 Å². The summed E-state index contributed by atoms with van der Waals surface area (Å²) >= 11 is 0. The lowest BCUT2D eigenvalue weighted by Gasteiger charge is -2.27. The molecule has 0 amide bonds. The molecule has 0 saturated heterocycles. The third-order valence-corrected chi connectivity index (χ3v) is 7.41. The van der Waals surface area contributed by atoms with Crippen LogP contribution in [0, 0.1) is 5.92 Å². The normalized spacial score (nSPS) is 16.3. The monoisotopic (exact) mass is 489 g/mol. The summed E-state index contributed by atoms with van der Waals surface area (Å²) in [6.45, 7) is 2.29. The van der Waals surface area contributed by atoms with Crippen LogP contribution in [0.1, 0.15) is 18.4 Å². The van der Waals surface area contributed by atoms with Gasteiger partial charge in [-0.15, -0.1) is 0 Å². The van der Waals surface area contributed by atoms with Gasteiger partial charge in [-0.2, -0.15) is 0 Å². The lowest BCUT2D eigenvalue weighted by atomic mass is 9.84. The minimum atomic E-state index is 0.415. The Hall–Kier alpha value is -4.62. The van der Waals surface area contributed by atoms with Crippen molar-refractivity contribution in [2.45, 2.75) is 12.8 Å². The van der Waals surface area contributed by atoms with Gasteiger partial charge in [-0.1, -0.05) is 128 Å². The summed E-state index contributed by atoms with van der Waals surface area (Å²) in [6, 6.07) is 47.9. The molecular weight excluding hydrogens is 458 g/mol. The molecule has 0 saturated carbocycles. The number of rotatable bonds is 6. The fourth-order valence-corrected chi connectivity index (χ4v) is 5.29. The minimum absolute atomic E-state index is 0.415. The number of anilines is 3. The predicted molar refractivity (Wildman–Crippen MR) is 162 cm³/mol. The van der Waals surface area contributed by atoms with Crippen LogP contribution in [0.15, 0.2) is 158 Å². The highest BCUT2D eigenvalue weighted by molar-refractivity contribution is 5.79. The molecule has 38 heavy (non-hydrogen) atoms. The Morgan fingerprint density at radius 3 is 1.26 bits per heavy atom.